The molecule has 4 heteroatoms. The van der Waals surface area contributed by atoms with E-state index in [2.05, 4.69) is 0 Å². The maximum atomic E-state index is 10.3. The molecular weight excluding hydrogens is 232 g/mol. The molecule has 0 amide bonds. The van der Waals surface area contributed by atoms with Crippen molar-refractivity contribution >= 4 is 5.97 Å². The highest BCUT2D eigenvalue weighted by Gasteiger charge is 2.04. The number of carboxylic acid groups (broad SMARTS) is 1. The number of aliphatic carboxylic acids is 1. The molecule has 0 radical (unpaired) electrons. The van der Waals surface area contributed by atoms with E-state index in [-0.39, 0.29) is 13.0 Å². The van der Waals surface area contributed by atoms with E-state index in [0.717, 1.165) is 11.3 Å². The van der Waals surface area contributed by atoms with Crippen LogP contribution in [-0.4, -0.2) is 17.7 Å². The molecule has 0 aliphatic rings. The van der Waals surface area contributed by atoms with Crippen LogP contribution < -0.4 is 0 Å². The smallest absolute Gasteiger partial charge is 0.305 e. The Morgan fingerprint density at radius 3 is 2.67 bits per heavy atom. The molecule has 1 aromatic heterocycles. The van der Waals surface area contributed by atoms with Gasteiger partial charge in [0.1, 0.15) is 18.1 Å². The molecule has 4 nitrogen and oxygen atoms in total. The second-order valence-electron chi connectivity index (χ2n) is 3.83. The van der Waals surface area contributed by atoms with E-state index < -0.39 is 5.97 Å². The summed E-state index contributed by atoms with van der Waals surface area (Å²) in [4.78, 5) is 10.3. The quantitative estimate of drug-likeness (QED) is 0.796. The largest absolute Gasteiger partial charge is 0.481 e. The zero-order valence-corrected chi connectivity index (χ0v) is 9.83. The third-order valence-corrected chi connectivity index (χ3v) is 2.42. The van der Waals surface area contributed by atoms with Crippen molar-refractivity contribution < 1.29 is 19.1 Å². The Labute approximate surface area is 105 Å². The van der Waals surface area contributed by atoms with E-state index in [0.29, 0.717) is 12.4 Å². The lowest BCUT2D eigenvalue weighted by Crippen LogP contribution is -2.02. The number of benzene rings is 1. The van der Waals surface area contributed by atoms with Gasteiger partial charge in [0.25, 0.3) is 0 Å². The molecule has 1 aromatic carbocycles. The fourth-order valence-corrected chi connectivity index (χ4v) is 1.55. The van der Waals surface area contributed by atoms with Gasteiger partial charge in [-0.15, -0.1) is 0 Å². The summed E-state index contributed by atoms with van der Waals surface area (Å²) in [6.45, 7) is 0.483. The van der Waals surface area contributed by atoms with Crippen LogP contribution in [0.5, 0.6) is 0 Å². The predicted molar refractivity (Wildman–Crippen MR) is 66.1 cm³/mol. The van der Waals surface area contributed by atoms with Gasteiger partial charge in [0.2, 0.25) is 0 Å². The average molecular weight is 246 g/mol. The number of carboxylic acids is 1. The van der Waals surface area contributed by atoms with Crippen molar-refractivity contribution in [1.29, 1.82) is 0 Å². The first-order valence-corrected chi connectivity index (χ1v) is 5.69. The first kappa shape index (κ1) is 12.4. The minimum absolute atomic E-state index is 0.00620. The van der Waals surface area contributed by atoms with Crippen LogP contribution in [0.25, 0.3) is 11.3 Å². The van der Waals surface area contributed by atoms with Gasteiger partial charge in [0, 0.05) is 5.56 Å². The maximum Gasteiger partial charge on any atom is 0.305 e. The lowest BCUT2D eigenvalue weighted by molar-refractivity contribution is -0.138. The fourth-order valence-electron chi connectivity index (χ4n) is 1.55. The third kappa shape index (κ3) is 3.46. The van der Waals surface area contributed by atoms with E-state index >= 15 is 0 Å². The summed E-state index contributed by atoms with van der Waals surface area (Å²) >= 11 is 0. The number of ether oxygens (including phenoxy) is 1. The number of hydrogen-bond donors (Lipinski definition) is 1. The van der Waals surface area contributed by atoms with Gasteiger partial charge in [-0.25, -0.2) is 0 Å². The Morgan fingerprint density at radius 1 is 1.17 bits per heavy atom. The molecule has 18 heavy (non-hydrogen) atoms. The minimum atomic E-state index is -0.862. The number of carbonyl (C=O) groups is 1. The van der Waals surface area contributed by atoms with Crippen molar-refractivity contribution in [1.82, 2.24) is 0 Å². The molecule has 2 rings (SSSR count). The van der Waals surface area contributed by atoms with Crippen molar-refractivity contribution in [3.05, 3.63) is 48.2 Å². The fraction of sp³-hybridized carbons (Fsp3) is 0.214. The van der Waals surface area contributed by atoms with Gasteiger partial charge in [-0.1, -0.05) is 30.3 Å². The minimum Gasteiger partial charge on any atom is -0.481 e. The Balaban J connectivity index is 1.89. The predicted octanol–water partition coefficient (Wildman–Crippen LogP) is 2.94. The molecule has 0 saturated carbocycles. The highest BCUT2D eigenvalue weighted by Crippen LogP contribution is 2.21. The van der Waals surface area contributed by atoms with Gasteiger partial charge in [-0.2, -0.15) is 0 Å². The summed E-state index contributed by atoms with van der Waals surface area (Å²) in [6.07, 6.45) is 0.00620. The lowest BCUT2D eigenvalue weighted by atomic mass is 10.2. The van der Waals surface area contributed by atoms with Crippen molar-refractivity contribution in [3.63, 3.8) is 0 Å². The summed E-state index contributed by atoms with van der Waals surface area (Å²) in [7, 11) is 0. The van der Waals surface area contributed by atoms with E-state index in [1.54, 1.807) is 0 Å². The van der Waals surface area contributed by atoms with Crippen LogP contribution in [0.1, 0.15) is 12.2 Å². The first-order chi connectivity index (χ1) is 8.75. The summed E-state index contributed by atoms with van der Waals surface area (Å²) in [5.74, 6) is 0.617. The number of rotatable bonds is 6. The van der Waals surface area contributed by atoms with Crippen molar-refractivity contribution in [2.45, 2.75) is 13.0 Å². The third-order valence-electron chi connectivity index (χ3n) is 2.42. The van der Waals surface area contributed by atoms with Gasteiger partial charge in [-0.3, -0.25) is 4.79 Å². The zero-order chi connectivity index (χ0) is 12.8. The molecular formula is C14H14O4. The molecule has 0 spiro atoms. The number of furan rings is 1. The van der Waals surface area contributed by atoms with Crippen molar-refractivity contribution in [3.8, 4) is 11.3 Å². The van der Waals surface area contributed by atoms with Gasteiger partial charge in [0.05, 0.1) is 13.0 Å². The van der Waals surface area contributed by atoms with Crippen molar-refractivity contribution in [2.75, 3.05) is 6.61 Å². The van der Waals surface area contributed by atoms with Gasteiger partial charge >= 0.3 is 5.97 Å². The van der Waals surface area contributed by atoms with Gasteiger partial charge in [0.15, 0.2) is 0 Å². The Bertz CT molecular complexity index is 502. The van der Waals surface area contributed by atoms with Crippen LogP contribution in [0.15, 0.2) is 46.9 Å². The average Bonchev–Trinajstić information content (AvgIpc) is 2.84. The lowest BCUT2D eigenvalue weighted by Gasteiger charge is -1.99. The van der Waals surface area contributed by atoms with E-state index in [1.165, 1.54) is 0 Å². The molecule has 0 bridgehead atoms. The van der Waals surface area contributed by atoms with Crippen LogP contribution in [0.3, 0.4) is 0 Å². The van der Waals surface area contributed by atoms with Crippen LogP contribution in [0.2, 0.25) is 0 Å². The normalized spacial score (nSPS) is 10.4. The molecule has 0 fully saturated rings. The molecule has 0 unspecified atom stereocenters. The van der Waals surface area contributed by atoms with E-state index in [1.807, 2.05) is 42.5 Å². The highest BCUT2D eigenvalue weighted by atomic mass is 16.5. The van der Waals surface area contributed by atoms with E-state index in [9.17, 15) is 4.79 Å². The topological polar surface area (TPSA) is 59.7 Å². The monoisotopic (exact) mass is 246 g/mol. The van der Waals surface area contributed by atoms with Crippen molar-refractivity contribution in [2.24, 2.45) is 0 Å². The Kier molecular flexibility index (Phi) is 4.15. The first-order valence-electron chi connectivity index (χ1n) is 5.69. The van der Waals surface area contributed by atoms with Crippen LogP contribution >= 0.6 is 0 Å². The molecule has 2 aromatic rings. The summed E-state index contributed by atoms with van der Waals surface area (Å²) in [6, 6.07) is 13.5. The Morgan fingerprint density at radius 2 is 1.94 bits per heavy atom. The summed E-state index contributed by atoms with van der Waals surface area (Å²) in [5.41, 5.74) is 1.01. The SMILES string of the molecule is O=C(O)CCOCc1ccc(-c2ccccc2)o1. The molecule has 0 saturated heterocycles. The van der Waals surface area contributed by atoms with Gasteiger partial charge < -0.3 is 14.3 Å². The second-order valence-corrected chi connectivity index (χ2v) is 3.83. The molecule has 1 N–H and O–H groups in total. The maximum absolute atomic E-state index is 10.3. The summed E-state index contributed by atoms with van der Waals surface area (Å²) in [5, 5.41) is 8.46. The molecule has 0 aliphatic heterocycles. The summed E-state index contributed by atoms with van der Waals surface area (Å²) < 4.78 is 10.8. The van der Waals surface area contributed by atoms with Crippen LogP contribution in [0.4, 0.5) is 0 Å². The standard InChI is InChI=1S/C14H14O4/c15-14(16)8-9-17-10-12-6-7-13(18-12)11-4-2-1-3-5-11/h1-7H,8-10H2,(H,15,16). The molecule has 94 valence electrons. The van der Waals surface area contributed by atoms with Crippen LogP contribution in [0, 0.1) is 0 Å². The Hall–Kier alpha value is -2.07. The van der Waals surface area contributed by atoms with E-state index in [4.69, 9.17) is 14.3 Å². The highest BCUT2D eigenvalue weighted by molar-refractivity contribution is 5.66. The van der Waals surface area contributed by atoms with Crippen LogP contribution in [-0.2, 0) is 16.1 Å². The zero-order valence-electron chi connectivity index (χ0n) is 9.83. The molecule has 0 atom stereocenters. The molecule has 0 aliphatic carbocycles. The molecule has 1 heterocycles. The van der Waals surface area contributed by atoms with Gasteiger partial charge in [-0.05, 0) is 12.1 Å². The number of hydrogen-bond acceptors (Lipinski definition) is 3. The second kappa shape index (κ2) is 6.02.